The molecule has 0 spiro atoms. The van der Waals surface area contributed by atoms with Crippen LogP contribution in [0.4, 0.5) is 23.3 Å². The van der Waals surface area contributed by atoms with Gasteiger partial charge in [0.1, 0.15) is 6.20 Å². The second kappa shape index (κ2) is 6.16. The van der Waals surface area contributed by atoms with Gasteiger partial charge in [-0.25, -0.2) is 4.98 Å². The fourth-order valence-electron chi connectivity index (χ4n) is 1.65. The van der Waals surface area contributed by atoms with Crippen LogP contribution in [0.1, 0.15) is 20.3 Å². The van der Waals surface area contributed by atoms with Gasteiger partial charge in [0, 0.05) is 18.8 Å². The maximum Gasteiger partial charge on any atom is 0.329 e. The summed E-state index contributed by atoms with van der Waals surface area (Å²) in [5, 5.41) is 17.8. The highest BCUT2D eigenvalue weighted by molar-refractivity contribution is 5.56. The molecule has 0 aliphatic heterocycles. The van der Waals surface area contributed by atoms with Crippen LogP contribution >= 0.6 is 0 Å². The van der Waals surface area contributed by atoms with Crippen LogP contribution in [-0.4, -0.2) is 24.7 Å². The molecule has 0 atom stereocenters. The second-order valence-corrected chi connectivity index (χ2v) is 4.99. The van der Waals surface area contributed by atoms with E-state index in [-0.39, 0.29) is 17.5 Å². The molecule has 0 saturated carbocycles. The van der Waals surface area contributed by atoms with Gasteiger partial charge in [-0.05, 0) is 12.3 Å². The number of hydrogen-bond donors (Lipinski definition) is 2. The van der Waals surface area contributed by atoms with Crippen molar-refractivity contribution in [3.8, 4) is 0 Å². The molecule has 9 nitrogen and oxygen atoms in total. The topological polar surface area (TPSA) is 125 Å². The van der Waals surface area contributed by atoms with Crippen LogP contribution in [0.25, 0.3) is 0 Å². The minimum atomic E-state index is -0.625. The summed E-state index contributed by atoms with van der Waals surface area (Å²) in [5.74, 6) is 1.15. The maximum absolute atomic E-state index is 10.6. The van der Waals surface area contributed by atoms with Crippen LogP contribution < -0.4 is 11.1 Å². The van der Waals surface area contributed by atoms with E-state index >= 15 is 0 Å². The number of aryl methyl sites for hydroxylation is 1. The van der Waals surface area contributed by atoms with Gasteiger partial charge < -0.3 is 11.1 Å². The van der Waals surface area contributed by atoms with E-state index in [9.17, 15) is 10.1 Å². The third-order valence-corrected chi connectivity index (χ3v) is 2.81. The van der Waals surface area contributed by atoms with Crippen molar-refractivity contribution in [1.29, 1.82) is 0 Å². The normalized spacial score (nSPS) is 10.8. The molecule has 0 aliphatic carbocycles. The van der Waals surface area contributed by atoms with E-state index in [4.69, 9.17) is 5.73 Å². The summed E-state index contributed by atoms with van der Waals surface area (Å²) >= 11 is 0. The van der Waals surface area contributed by atoms with E-state index in [1.54, 1.807) is 6.07 Å². The van der Waals surface area contributed by atoms with E-state index in [1.165, 1.54) is 0 Å². The Morgan fingerprint density at radius 3 is 2.90 bits per heavy atom. The SMILES string of the molecule is CC(C)CCn1ccc(Nc2ncc([N+](=O)[O-])c(N)n2)n1. The molecule has 2 rings (SSSR count). The van der Waals surface area contributed by atoms with Gasteiger partial charge in [0.05, 0.1) is 4.92 Å². The van der Waals surface area contributed by atoms with Crippen molar-refractivity contribution in [1.82, 2.24) is 19.7 Å². The van der Waals surface area contributed by atoms with E-state index in [2.05, 4.69) is 34.2 Å². The largest absolute Gasteiger partial charge is 0.378 e. The van der Waals surface area contributed by atoms with Crippen LogP contribution in [-0.2, 0) is 6.54 Å². The Bertz CT molecular complexity index is 638. The smallest absolute Gasteiger partial charge is 0.329 e. The van der Waals surface area contributed by atoms with Crippen molar-refractivity contribution in [2.24, 2.45) is 5.92 Å². The summed E-state index contributed by atoms with van der Waals surface area (Å²) in [4.78, 5) is 17.7. The lowest BCUT2D eigenvalue weighted by Gasteiger charge is -2.04. The van der Waals surface area contributed by atoms with Gasteiger partial charge >= 0.3 is 5.69 Å². The molecule has 21 heavy (non-hydrogen) atoms. The lowest BCUT2D eigenvalue weighted by Crippen LogP contribution is -2.05. The fraction of sp³-hybridized carbons (Fsp3) is 0.417. The first-order valence-corrected chi connectivity index (χ1v) is 6.53. The molecule has 0 fully saturated rings. The zero-order chi connectivity index (χ0) is 15.4. The molecule has 0 aromatic carbocycles. The average Bonchev–Trinajstić information content (AvgIpc) is 2.83. The maximum atomic E-state index is 10.6. The molecule has 3 N–H and O–H groups in total. The van der Waals surface area contributed by atoms with E-state index in [1.807, 2.05) is 10.9 Å². The Morgan fingerprint density at radius 1 is 1.52 bits per heavy atom. The molecule has 0 amide bonds. The minimum absolute atomic E-state index is 0.173. The van der Waals surface area contributed by atoms with Gasteiger partial charge in [-0.3, -0.25) is 14.8 Å². The first-order valence-electron chi connectivity index (χ1n) is 6.53. The Balaban J connectivity index is 2.05. The number of nitrogens with one attached hydrogen (secondary N) is 1. The third-order valence-electron chi connectivity index (χ3n) is 2.81. The summed E-state index contributed by atoms with van der Waals surface area (Å²) < 4.78 is 1.82. The summed E-state index contributed by atoms with van der Waals surface area (Å²) in [5.41, 5.74) is 5.19. The van der Waals surface area contributed by atoms with Crippen molar-refractivity contribution in [2.45, 2.75) is 26.8 Å². The lowest BCUT2D eigenvalue weighted by molar-refractivity contribution is -0.384. The Labute approximate surface area is 121 Å². The van der Waals surface area contributed by atoms with Gasteiger partial charge in [-0.15, -0.1) is 0 Å². The summed E-state index contributed by atoms with van der Waals surface area (Å²) in [6.07, 6.45) is 3.95. The number of rotatable bonds is 6. The van der Waals surface area contributed by atoms with Crippen molar-refractivity contribution in [3.63, 3.8) is 0 Å². The second-order valence-electron chi connectivity index (χ2n) is 4.99. The molecule has 2 aromatic heterocycles. The van der Waals surface area contributed by atoms with Crippen LogP contribution in [0.15, 0.2) is 18.5 Å². The third kappa shape index (κ3) is 3.88. The van der Waals surface area contributed by atoms with E-state index < -0.39 is 4.92 Å². The molecule has 112 valence electrons. The van der Waals surface area contributed by atoms with Crippen LogP contribution in [0.2, 0.25) is 0 Å². The van der Waals surface area contributed by atoms with Crippen LogP contribution in [0, 0.1) is 16.0 Å². The zero-order valence-corrected chi connectivity index (χ0v) is 11.9. The zero-order valence-electron chi connectivity index (χ0n) is 11.9. The van der Waals surface area contributed by atoms with Gasteiger partial charge in [-0.1, -0.05) is 13.8 Å². The number of aromatic nitrogens is 4. The lowest BCUT2D eigenvalue weighted by atomic mass is 10.1. The van der Waals surface area contributed by atoms with Gasteiger partial charge in [-0.2, -0.15) is 10.1 Å². The Kier molecular flexibility index (Phi) is 4.31. The summed E-state index contributed by atoms with van der Waals surface area (Å²) in [7, 11) is 0. The van der Waals surface area contributed by atoms with Crippen molar-refractivity contribution < 1.29 is 4.92 Å². The number of nitrogen functional groups attached to an aromatic ring is 1. The number of anilines is 3. The quantitative estimate of drug-likeness (QED) is 0.615. The van der Waals surface area contributed by atoms with E-state index in [0.29, 0.717) is 11.7 Å². The van der Waals surface area contributed by atoms with Gasteiger partial charge in [0.2, 0.25) is 11.8 Å². The monoisotopic (exact) mass is 291 g/mol. The fourth-order valence-corrected chi connectivity index (χ4v) is 1.65. The standard InChI is InChI=1S/C12H17N7O2/c1-8(2)3-5-18-6-4-10(17-18)15-12-14-7-9(19(20)21)11(13)16-12/h4,6-8H,3,5H2,1-2H3,(H3,13,14,15,16,17). The first kappa shape index (κ1) is 14.7. The molecular formula is C12H17N7O2. The van der Waals surface area contributed by atoms with Crippen molar-refractivity contribution >= 4 is 23.3 Å². The molecule has 0 bridgehead atoms. The Hall–Kier alpha value is -2.71. The molecule has 0 unspecified atom stereocenters. The highest BCUT2D eigenvalue weighted by Crippen LogP contribution is 2.19. The average molecular weight is 291 g/mol. The Morgan fingerprint density at radius 2 is 2.29 bits per heavy atom. The highest BCUT2D eigenvalue weighted by atomic mass is 16.6. The molecule has 0 saturated heterocycles. The number of nitrogens with two attached hydrogens (primary N) is 1. The van der Waals surface area contributed by atoms with Crippen molar-refractivity contribution in [3.05, 3.63) is 28.6 Å². The molecule has 2 aromatic rings. The summed E-state index contributed by atoms with van der Waals surface area (Å²) in [6, 6.07) is 1.78. The molecular weight excluding hydrogens is 274 g/mol. The predicted molar refractivity (Wildman–Crippen MR) is 78.1 cm³/mol. The summed E-state index contributed by atoms with van der Waals surface area (Å²) in [6.45, 7) is 5.12. The first-order chi connectivity index (χ1) is 9.95. The van der Waals surface area contributed by atoms with E-state index in [0.717, 1.165) is 19.2 Å². The van der Waals surface area contributed by atoms with Crippen LogP contribution in [0.5, 0.6) is 0 Å². The highest BCUT2D eigenvalue weighted by Gasteiger charge is 2.14. The number of hydrogen-bond acceptors (Lipinski definition) is 7. The number of nitrogens with zero attached hydrogens (tertiary/aromatic N) is 5. The predicted octanol–water partition coefficient (Wildman–Crippen LogP) is 1.95. The minimum Gasteiger partial charge on any atom is -0.378 e. The van der Waals surface area contributed by atoms with Crippen LogP contribution in [0.3, 0.4) is 0 Å². The van der Waals surface area contributed by atoms with Gasteiger partial charge in [0.25, 0.3) is 0 Å². The molecule has 9 heteroatoms. The van der Waals surface area contributed by atoms with Gasteiger partial charge in [0.15, 0.2) is 5.82 Å². The molecule has 2 heterocycles. The molecule has 0 radical (unpaired) electrons. The number of nitro groups is 1. The molecule has 0 aliphatic rings. The van der Waals surface area contributed by atoms with Crippen molar-refractivity contribution in [2.75, 3.05) is 11.1 Å².